The molecule has 0 bridgehead atoms. The Morgan fingerprint density at radius 3 is 2.29 bits per heavy atom. The molecule has 0 atom stereocenters. The lowest BCUT2D eigenvalue weighted by atomic mass is 10.2. The van der Waals surface area contributed by atoms with Gasteiger partial charge in [-0.2, -0.15) is 13.8 Å². The zero-order valence-electron chi connectivity index (χ0n) is 15.7. The molecule has 0 spiro atoms. The summed E-state index contributed by atoms with van der Waals surface area (Å²) in [5.41, 5.74) is 1.04. The number of ether oxygens (including phenoxy) is 3. The average Bonchev–Trinajstić information content (AvgIpc) is 2.75. The highest BCUT2D eigenvalue weighted by Crippen LogP contribution is 2.37. The highest BCUT2D eigenvalue weighted by atomic mass is 19.3. The van der Waals surface area contributed by atoms with Gasteiger partial charge in [-0.05, 0) is 30.3 Å². The van der Waals surface area contributed by atoms with Gasteiger partial charge in [0.15, 0.2) is 17.2 Å². The number of anilines is 5. The van der Waals surface area contributed by atoms with E-state index in [1.807, 2.05) is 5.32 Å². The average molecular weight is 428 g/mol. The fourth-order valence-corrected chi connectivity index (χ4v) is 2.97. The molecular weight excluding hydrogens is 414 g/mol. The Morgan fingerprint density at radius 1 is 0.903 bits per heavy atom. The Hall–Kier alpha value is -4.22. The van der Waals surface area contributed by atoms with Gasteiger partial charge in [0.05, 0.1) is 5.69 Å². The number of carbonyl (C=O) groups excluding carboxylic acids is 1. The molecule has 2 aliphatic heterocycles. The Bertz CT molecular complexity index is 1180. The minimum atomic E-state index is -3.81. The van der Waals surface area contributed by atoms with Crippen LogP contribution in [-0.4, -0.2) is 40.2 Å². The van der Waals surface area contributed by atoms with E-state index in [1.54, 1.807) is 18.2 Å². The van der Waals surface area contributed by atoms with Crippen LogP contribution in [0.25, 0.3) is 0 Å². The highest BCUT2D eigenvalue weighted by Gasteiger charge is 2.45. The molecule has 0 saturated heterocycles. The molecule has 1 aromatic heterocycles. The molecule has 0 saturated carbocycles. The number of rotatable bonds is 4. The fourth-order valence-electron chi connectivity index (χ4n) is 2.97. The third kappa shape index (κ3) is 3.82. The Kier molecular flexibility index (Phi) is 4.38. The van der Waals surface area contributed by atoms with Crippen molar-refractivity contribution < 1.29 is 27.8 Å². The summed E-state index contributed by atoms with van der Waals surface area (Å²) in [6, 6.07) is 5.80. The van der Waals surface area contributed by atoms with Crippen molar-refractivity contribution in [2.24, 2.45) is 0 Å². The number of esters is 1. The highest BCUT2D eigenvalue weighted by molar-refractivity contribution is 5.88. The Balaban J connectivity index is 1.33. The SMILES string of the molecule is O=C1Oc2ccc(Nc3ncnc(Nc4ccc5c(c4)OCCO5)n3)cc2NC1(F)F. The third-order valence-electron chi connectivity index (χ3n) is 4.36. The molecule has 0 radical (unpaired) electrons. The van der Waals surface area contributed by atoms with Gasteiger partial charge in [0.25, 0.3) is 0 Å². The first-order chi connectivity index (χ1) is 15.0. The largest absolute Gasteiger partial charge is 0.486 e. The van der Waals surface area contributed by atoms with E-state index < -0.39 is 12.0 Å². The van der Waals surface area contributed by atoms with Crippen LogP contribution in [0.15, 0.2) is 42.7 Å². The van der Waals surface area contributed by atoms with Gasteiger partial charge >= 0.3 is 12.0 Å². The summed E-state index contributed by atoms with van der Waals surface area (Å²) in [7, 11) is 0. The number of aromatic nitrogens is 3. The summed E-state index contributed by atoms with van der Waals surface area (Å²) < 4.78 is 42.7. The van der Waals surface area contributed by atoms with Crippen molar-refractivity contribution in [1.82, 2.24) is 15.0 Å². The van der Waals surface area contributed by atoms with Crippen LogP contribution in [0.2, 0.25) is 0 Å². The van der Waals surface area contributed by atoms with Crippen molar-refractivity contribution in [3.05, 3.63) is 42.7 Å². The molecule has 10 nitrogen and oxygen atoms in total. The molecule has 3 N–H and O–H groups in total. The molecule has 0 unspecified atom stereocenters. The summed E-state index contributed by atoms with van der Waals surface area (Å²) in [6.45, 7) is 0.970. The maximum atomic E-state index is 13.5. The van der Waals surface area contributed by atoms with Crippen LogP contribution in [0.3, 0.4) is 0 Å². The van der Waals surface area contributed by atoms with Crippen LogP contribution in [-0.2, 0) is 4.79 Å². The summed E-state index contributed by atoms with van der Waals surface area (Å²) in [4.78, 5) is 23.6. The summed E-state index contributed by atoms with van der Waals surface area (Å²) in [5, 5.41) is 7.78. The second-order valence-corrected chi connectivity index (χ2v) is 6.54. The van der Waals surface area contributed by atoms with Crippen molar-refractivity contribution in [1.29, 1.82) is 0 Å². The van der Waals surface area contributed by atoms with Crippen LogP contribution < -0.4 is 30.2 Å². The number of nitrogens with one attached hydrogen (secondary N) is 3. The first-order valence-electron chi connectivity index (χ1n) is 9.11. The van der Waals surface area contributed by atoms with E-state index in [4.69, 9.17) is 9.47 Å². The number of hydrogen-bond acceptors (Lipinski definition) is 10. The van der Waals surface area contributed by atoms with E-state index in [9.17, 15) is 13.6 Å². The standard InChI is InChI=1S/C19H14F2N6O4/c20-19(21)16(28)31-13-3-1-10(7-12(13)27-19)24-17-22-9-23-18(26-17)25-11-2-4-14-15(8-11)30-6-5-29-14/h1-4,7-9,27H,5-6H2,(H2,22,23,24,25,26). The van der Waals surface area contributed by atoms with Crippen molar-refractivity contribution in [3.8, 4) is 17.2 Å². The van der Waals surface area contributed by atoms with Crippen LogP contribution >= 0.6 is 0 Å². The zero-order chi connectivity index (χ0) is 21.4. The molecular formula is C19H14F2N6O4. The molecule has 158 valence electrons. The second-order valence-electron chi connectivity index (χ2n) is 6.54. The first kappa shape index (κ1) is 18.8. The molecule has 3 heterocycles. The Labute approximate surface area is 173 Å². The predicted molar refractivity (Wildman–Crippen MR) is 104 cm³/mol. The third-order valence-corrected chi connectivity index (χ3v) is 4.36. The van der Waals surface area contributed by atoms with Crippen LogP contribution in [0.5, 0.6) is 17.2 Å². The topological polar surface area (TPSA) is 120 Å². The summed E-state index contributed by atoms with van der Waals surface area (Å²) >= 11 is 0. The molecule has 0 fully saturated rings. The lowest BCUT2D eigenvalue weighted by Gasteiger charge is -2.25. The van der Waals surface area contributed by atoms with Gasteiger partial charge in [-0.3, -0.25) is 0 Å². The van der Waals surface area contributed by atoms with E-state index in [2.05, 4.69) is 30.3 Å². The smallest absolute Gasteiger partial charge is 0.421 e. The maximum absolute atomic E-state index is 13.5. The molecule has 12 heteroatoms. The Morgan fingerprint density at radius 2 is 1.55 bits per heavy atom. The molecule has 31 heavy (non-hydrogen) atoms. The van der Waals surface area contributed by atoms with Gasteiger partial charge in [-0.15, -0.1) is 0 Å². The van der Waals surface area contributed by atoms with Crippen molar-refractivity contribution in [2.75, 3.05) is 29.2 Å². The van der Waals surface area contributed by atoms with Crippen molar-refractivity contribution in [2.45, 2.75) is 6.05 Å². The zero-order valence-corrected chi connectivity index (χ0v) is 15.7. The normalized spacial score (nSPS) is 15.9. The first-order valence-corrected chi connectivity index (χ1v) is 9.11. The van der Waals surface area contributed by atoms with Crippen LogP contribution in [0.4, 0.5) is 37.7 Å². The van der Waals surface area contributed by atoms with E-state index in [0.717, 1.165) is 0 Å². The molecule has 2 aliphatic rings. The monoisotopic (exact) mass is 428 g/mol. The van der Waals surface area contributed by atoms with Gasteiger partial charge in [0.2, 0.25) is 11.9 Å². The van der Waals surface area contributed by atoms with Crippen molar-refractivity contribution >= 4 is 34.9 Å². The number of benzene rings is 2. The maximum Gasteiger partial charge on any atom is 0.421 e. The van der Waals surface area contributed by atoms with E-state index in [-0.39, 0.29) is 23.3 Å². The van der Waals surface area contributed by atoms with Gasteiger partial charge in [0, 0.05) is 17.4 Å². The number of alkyl halides is 2. The van der Waals surface area contributed by atoms with E-state index >= 15 is 0 Å². The van der Waals surface area contributed by atoms with E-state index in [0.29, 0.717) is 36.1 Å². The lowest BCUT2D eigenvalue weighted by molar-refractivity contribution is -0.158. The molecule has 5 rings (SSSR count). The van der Waals surface area contributed by atoms with Crippen molar-refractivity contribution in [3.63, 3.8) is 0 Å². The molecule has 3 aromatic rings. The minimum Gasteiger partial charge on any atom is -0.486 e. The minimum absolute atomic E-state index is 0.00177. The fraction of sp³-hybridized carbons (Fsp3) is 0.158. The van der Waals surface area contributed by atoms with Crippen LogP contribution in [0, 0.1) is 0 Å². The molecule has 0 aliphatic carbocycles. The summed E-state index contributed by atoms with van der Waals surface area (Å²) in [6.07, 6.45) is 1.29. The summed E-state index contributed by atoms with van der Waals surface area (Å²) in [5.74, 6) is 0.0428. The van der Waals surface area contributed by atoms with E-state index in [1.165, 1.54) is 24.5 Å². The number of carbonyl (C=O) groups is 1. The van der Waals surface area contributed by atoms with Gasteiger partial charge < -0.3 is 30.2 Å². The molecule has 0 amide bonds. The number of hydrogen-bond donors (Lipinski definition) is 3. The van der Waals surface area contributed by atoms with Gasteiger partial charge in [-0.1, -0.05) is 0 Å². The quantitative estimate of drug-likeness (QED) is 0.325. The van der Waals surface area contributed by atoms with Gasteiger partial charge in [-0.25, -0.2) is 14.8 Å². The second kappa shape index (κ2) is 7.23. The number of fused-ring (bicyclic) bond motifs is 2. The number of halogens is 2. The predicted octanol–water partition coefficient (Wildman–Crippen LogP) is 3.05. The lowest BCUT2D eigenvalue weighted by Crippen LogP contribution is -2.43. The molecule has 2 aromatic carbocycles. The van der Waals surface area contributed by atoms with Gasteiger partial charge in [0.1, 0.15) is 19.5 Å². The number of nitrogens with zero attached hydrogens (tertiary/aromatic N) is 3. The van der Waals surface area contributed by atoms with Crippen LogP contribution in [0.1, 0.15) is 0 Å².